The van der Waals surface area contributed by atoms with E-state index in [9.17, 15) is 9.59 Å². The van der Waals surface area contributed by atoms with Crippen LogP contribution >= 0.6 is 11.6 Å². The number of rotatable bonds is 3. The van der Waals surface area contributed by atoms with E-state index in [4.69, 9.17) is 17.3 Å². The van der Waals surface area contributed by atoms with Gasteiger partial charge < -0.3 is 16.4 Å². The van der Waals surface area contributed by atoms with E-state index < -0.39 is 5.91 Å². The average molecular weight is 304 g/mol. The van der Waals surface area contributed by atoms with Gasteiger partial charge in [0.1, 0.15) is 0 Å². The molecular formula is C15H14ClN3O2. The van der Waals surface area contributed by atoms with Crippen LogP contribution in [0.15, 0.2) is 42.5 Å². The van der Waals surface area contributed by atoms with Crippen LogP contribution in [0.4, 0.5) is 11.4 Å². The fourth-order valence-corrected chi connectivity index (χ4v) is 2.10. The predicted octanol–water partition coefficient (Wildman–Crippen LogP) is 2.53. The second-order valence-corrected chi connectivity index (χ2v) is 4.73. The van der Waals surface area contributed by atoms with E-state index in [0.29, 0.717) is 16.9 Å². The van der Waals surface area contributed by atoms with Crippen LogP contribution in [0.25, 0.3) is 0 Å². The molecule has 0 aliphatic carbocycles. The lowest BCUT2D eigenvalue weighted by molar-refractivity contribution is 0.0964. The lowest BCUT2D eigenvalue weighted by Gasteiger charge is -2.11. The molecule has 2 rings (SSSR count). The Morgan fingerprint density at radius 2 is 1.76 bits per heavy atom. The fraction of sp³-hybridized carbons (Fsp3) is 0.0667. The van der Waals surface area contributed by atoms with Crippen molar-refractivity contribution in [2.45, 2.75) is 0 Å². The van der Waals surface area contributed by atoms with Crippen molar-refractivity contribution in [1.82, 2.24) is 5.32 Å². The molecule has 0 aromatic heterocycles. The first kappa shape index (κ1) is 14.9. The van der Waals surface area contributed by atoms with E-state index in [1.807, 2.05) is 0 Å². The smallest absolute Gasteiger partial charge is 0.257 e. The third kappa shape index (κ3) is 3.32. The van der Waals surface area contributed by atoms with Crippen molar-refractivity contribution in [3.63, 3.8) is 0 Å². The molecule has 0 saturated heterocycles. The molecule has 0 heterocycles. The van der Waals surface area contributed by atoms with Crippen LogP contribution in [0.3, 0.4) is 0 Å². The fourth-order valence-electron chi connectivity index (χ4n) is 1.83. The Balaban J connectivity index is 2.30. The van der Waals surface area contributed by atoms with Gasteiger partial charge in [0.25, 0.3) is 11.8 Å². The minimum absolute atomic E-state index is 0.255. The highest BCUT2D eigenvalue weighted by atomic mass is 35.5. The molecule has 2 aromatic rings. The summed E-state index contributed by atoms with van der Waals surface area (Å²) in [5.41, 5.74) is 7.14. The van der Waals surface area contributed by atoms with Crippen molar-refractivity contribution < 1.29 is 9.59 Å². The topological polar surface area (TPSA) is 84.2 Å². The maximum atomic E-state index is 12.2. The number of benzene rings is 2. The second-order valence-electron chi connectivity index (χ2n) is 4.32. The largest absolute Gasteiger partial charge is 0.399 e. The summed E-state index contributed by atoms with van der Waals surface area (Å²) in [5, 5.41) is 5.45. The number of anilines is 2. The van der Waals surface area contributed by atoms with Crippen LogP contribution in [0.2, 0.25) is 5.02 Å². The molecular weight excluding hydrogens is 290 g/mol. The molecule has 6 heteroatoms. The zero-order valence-electron chi connectivity index (χ0n) is 11.3. The van der Waals surface area contributed by atoms with Crippen LogP contribution in [0.5, 0.6) is 0 Å². The quantitative estimate of drug-likeness (QED) is 0.762. The number of nitrogens with two attached hydrogens (primary N) is 1. The summed E-state index contributed by atoms with van der Waals surface area (Å²) in [5.74, 6) is -0.689. The number of hydrogen-bond acceptors (Lipinski definition) is 3. The Labute approximate surface area is 127 Å². The van der Waals surface area contributed by atoms with E-state index in [1.54, 1.807) is 30.3 Å². The van der Waals surface area contributed by atoms with Crippen LogP contribution in [-0.4, -0.2) is 18.9 Å². The molecule has 4 N–H and O–H groups in total. The first-order valence-electron chi connectivity index (χ1n) is 6.20. The van der Waals surface area contributed by atoms with Crippen LogP contribution in [-0.2, 0) is 0 Å². The van der Waals surface area contributed by atoms with Gasteiger partial charge in [0.05, 0.1) is 21.8 Å². The molecule has 2 amide bonds. The Hall–Kier alpha value is -2.53. The zero-order valence-corrected chi connectivity index (χ0v) is 12.1. The van der Waals surface area contributed by atoms with Gasteiger partial charge in [-0.3, -0.25) is 9.59 Å². The summed E-state index contributed by atoms with van der Waals surface area (Å²) in [6.45, 7) is 0. The Morgan fingerprint density at radius 1 is 1.05 bits per heavy atom. The zero-order chi connectivity index (χ0) is 15.4. The Kier molecular flexibility index (Phi) is 4.45. The highest BCUT2D eigenvalue weighted by Crippen LogP contribution is 2.22. The van der Waals surface area contributed by atoms with Gasteiger partial charge in [0.2, 0.25) is 0 Å². The standard InChI is InChI=1S/C15H14ClN3O2/c1-18-14(20)11-4-2-3-5-13(11)19-15(21)10-7-6-9(17)8-12(10)16/h2-8H,17H2,1H3,(H,18,20)(H,19,21). The summed E-state index contributed by atoms with van der Waals surface area (Å²) in [4.78, 5) is 24.0. The molecule has 0 radical (unpaired) electrons. The third-order valence-electron chi connectivity index (χ3n) is 2.88. The molecule has 0 saturated carbocycles. The second kappa shape index (κ2) is 6.28. The molecule has 0 aliphatic rings. The number of para-hydroxylation sites is 1. The number of nitrogen functional groups attached to an aromatic ring is 1. The predicted molar refractivity (Wildman–Crippen MR) is 83.6 cm³/mol. The summed E-state index contributed by atoms with van der Waals surface area (Å²) in [6.07, 6.45) is 0. The number of halogens is 1. The number of carbonyl (C=O) groups excluding carboxylic acids is 2. The number of amides is 2. The molecule has 0 atom stereocenters. The summed E-state index contributed by atoms with van der Waals surface area (Å²) in [6, 6.07) is 11.3. The monoisotopic (exact) mass is 303 g/mol. The molecule has 0 unspecified atom stereocenters. The molecule has 0 fully saturated rings. The number of carbonyl (C=O) groups is 2. The minimum atomic E-state index is -0.406. The van der Waals surface area contributed by atoms with E-state index in [-0.39, 0.29) is 16.5 Å². The highest BCUT2D eigenvalue weighted by Gasteiger charge is 2.15. The van der Waals surface area contributed by atoms with Crippen LogP contribution in [0.1, 0.15) is 20.7 Å². The van der Waals surface area contributed by atoms with Gasteiger partial charge >= 0.3 is 0 Å². The van der Waals surface area contributed by atoms with E-state index >= 15 is 0 Å². The van der Waals surface area contributed by atoms with Crippen molar-refractivity contribution >= 4 is 34.8 Å². The highest BCUT2D eigenvalue weighted by molar-refractivity contribution is 6.34. The van der Waals surface area contributed by atoms with Gasteiger partial charge in [-0.15, -0.1) is 0 Å². The molecule has 0 bridgehead atoms. The average Bonchev–Trinajstić information content (AvgIpc) is 2.46. The van der Waals surface area contributed by atoms with Crippen molar-refractivity contribution in [3.8, 4) is 0 Å². The number of nitrogens with one attached hydrogen (secondary N) is 2. The van der Waals surface area contributed by atoms with Gasteiger partial charge in [-0.25, -0.2) is 0 Å². The van der Waals surface area contributed by atoms with Gasteiger partial charge in [0.15, 0.2) is 0 Å². The molecule has 21 heavy (non-hydrogen) atoms. The minimum Gasteiger partial charge on any atom is -0.399 e. The molecule has 2 aromatic carbocycles. The van der Waals surface area contributed by atoms with Gasteiger partial charge in [-0.2, -0.15) is 0 Å². The van der Waals surface area contributed by atoms with Crippen molar-refractivity contribution in [2.24, 2.45) is 0 Å². The summed E-state index contributed by atoms with van der Waals surface area (Å²) >= 11 is 6.00. The van der Waals surface area contributed by atoms with Crippen molar-refractivity contribution in [2.75, 3.05) is 18.1 Å². The lowest BCUT2D eigenvalue weighted by atomic mass is 10.1. The van der Waals surface area contributed by atoms with Crippen LogP contribution in [0, 0.1) is 0 Å². The van der Waals surface area contributed by atoms with Crippen molar-refractivity contribution in [3.05, 3.63) is 58.6 Å². The molecule has 0 spiro atoms. The molecule has 5 nitrogen and oxygen atoms in total. The normalized spacial score (nSPS) is 10.0. The summed E-state index contributed by atoms with van der Waals surface area (Å²) in [7, 11) is 1.53. The molecule has 0 aliphatic heterocycles. The summed E-state index contributed by atoms with van der Waals surface area (Å²) < 4.78 is 0. The maximum absolute atomic E-state index is 12.2. The maximum Gasteiger partial charge on any atom is 0.257 e. The van der Waals surface area contributed by atoms with E-state index in [2.05, 4.69) is 10.6 Å². The Bertz CT molecular complexity index is 701. The van der Waals surface area contributed by atoms with Gasteiger partial charge in [0, 0.05) is 12.7 Å². The third-order valence-corrected chi connectivity index (χ3v) is 3.20. The van der Waals surface area contributed by atoms with Gasteiger partial charge in [-0.05, 0) is 30.3 Å². The molecule has 108 valence electrons. The number of hydrogen-bond donors (Lipinski definition) is 3. The van der Waals surface area contributed by atoms with E-state index in [1.165, 1.54) is 19.2 Å². The first-order valence-corrected chi connectivity index (χ1v) is 6.58. The van der Waals surface area contributed by atoms with Crippen molar-refractivity contribution in [1.29, 1.82) is 0 Å². The first-order chi connectivity index (χ1) is 10.0. The van der Waals surface area contributed by atoms with Crippen LogP contribution < -0.4 is 16.4 Å². The lowest BCUT2D eigenvalue weighted by Crippen LogP contribution is -2.21. The van der Waals surface area contributed by atoms with Gasteiger partial charge in [-0.1, -0.05) is 23.7 Å². The SMILES string of the molecule is CNC(=O)c1ccccc1NC(=O)c1ccc(N)cc1Cl. The van der Waals surface area contributed by atoms with E-state index in [0.717, 1.165) is 0 Å². The Morgan fingerprint density at radius 3 is 2.43 bits per heavy atom.